The molecule has 0 amide bonds. The Labute approximate surface area is 198 Å². The highest BCUT2D eigenvalue weighted by atomic mass is 16.4. The third kappa shape index (κ3) is 4.86. The van der Waals surface area contributed by atoms with Crippen molar-refractivity contribution in [1.82, 2.24) is 14.3 Å². The third-order valence-electron chi connectivity index (χ3n) is 6.29. The number of benzene rings is 2. The lowest BCUT2D eigenvalue weighted by Crippen LogP contribution is -2.35. The Bertz CT molecular complexity index is 1320. The molecule has 4 rings (SSSR count). The van der Waals surface area contributed by atoms with Gasteiger partial charge < -0.3 is 5.11 Å². The molecule has 0 atom stereocenters. The third-order valence-corrected chi connectivity index (χ3v) is 6.29. The zero-order valence-electron chi connectivity index (χ0n) is 19.2. The van der Waals surface area contributed by atoms with E-state index in [0.717, 1.165) is 47.9 Å². The standard InChI is InChI=1S/C27H27N3O4/c1-2-3-13-24-28-30(25(31)21-9-5-4-6-10-21)27(34)29(24)18-19-14-16-20(17-15-19)22-11-7-8-12-23(22)26(32)33/h7-8,11-12,14-17,21H,4-6,9-10,13,18H2,1H3,(H,32,33). The van der Waals surface area contributed by atoms with E-state index < -0.39 is 11.7 Å². The number of hydrogen-bond donors (Lipinski definition) is 1. The molecule has 3 aromatic rings. The maximum atomic E-state index is 13.2. The SMILES string of the molecule is CC#CCc1nn(C(=O)C2CCCCC2)c(=O)n1Cc1ccc(-c2ccccc2C(=O)O)cc1. The molecule has 0 unspecified atom stereocenters. The molecule has 1 aliphatic carbocycles. The van der Waals surface area contributed by atoms with Crippen LogP contribution in [0.2, 0.25) is 0 Å². The van der Waals surface area contributed by atoms with E-state index in [1.807, 2.05) is 24.3 Å². The van der Waals surface area contributed by atoms with Crippen LogP contribution in [0.5, 0.6) is 0 Å². The normalized spacial score (nSPS) is 13.8. The molecule has 0 saturated heterocycles. The fourth-order valence-corrected chi connectivity index (χ4v) is 4.45. The highest BCUT2D eigenvalue weighted by Gasteiger charge is 2.27. The molecule has 7 heteroatoms. The summed E-state index contributed by atoms with van der Waals surface area (Å²) >= 11 is 0. The number of carbonyl (C=O) groups excluding carboxylic acids is 1. The Morgan fingerprint density at radius 1 is 1.06 bits per heavy atom. The van der Waals surface area contributed by atoms with Gasteiger partial charge in [-0.1, -0.05) is 67.6 Å². The topological polar surface area (TPSA) is 94.2 Å². The van der Waals surface area contributed by atoms with Gasteiger partial charge in [0.15, 0.2) is 0 Å². The molecule has 1 saturated carbocycles. The molecule has 7 nitrogen and oxygen atoms in total. The van der Waals surface area contributed by atoms with E-state index in [4.69, 9.17) is 0 Å². The molecule has 1 aliphatic rings. The van der Waals surface area contributed by atoms with Crippen LogP contribution in [0.25, 0.3) is 11.1 Å². The van der Waals surface area contributed by atoms with Gasteiger partial charge >= 0.3 is 11.7 Å². The van der Waals surface area contributed by atoms with E-state index in [2.05, 4.69) is 16.9 Å². The molecule has 34 heavy (non-hydrogen) atoms. The summed E-state index contributed by atoms with van der Waals surface area (Å²) in [4.78, 5) is 37.7. The average molecular weight is 458 g/mol. The maximum absolute atomic E-state index is 13.2. The predicted octanol–water partition coefficient (Wildman–Crippen LogP) is 4.24. The molecule has 0 radical (unpaired) electrons. The molecular formula is C27H27N3O4. The number of carboxylic acids is 1. The van der Waals surface area contributed by atoms with Crippen LogP contribution in [-0.4, -0.2) is 31.3 Å². The number of nitrogens with zero attached hydrogens (tertiary/aromatic N) is 3. The van der Waals surface area contributed by atoms with E-state index in [-0.39, 0.29) is 30.4 Å². The van der Waals surface area contributed by atoms with Crippen LogP contribution in [0.15, 0.2) is 53.3 Å². The summed E-state index contributed by atoms with van der Waals surface area (Å²) < 4.78 is 2.53. The highest BCUT2D eigenvalue weighted by Crippen LogP contribution is 2.25. The van der Waals surface area contributed by atoms with Crippen LogP contribution in [-0.2, 0) is 13.0 Å². The summed E-state index contributed by atoms with van der Waals surface area (Å²) in [5.74, 6) is 4.86. The lowest BCUT2D eigenvalue weighted by Gasteiger charge is -2.19. The Morgan fingerprint density at radius 3 is 2.44 bits per heavy atom. The Hall–Kier alpha value is -3.92. The Balaban J connectivity index is 1.63. The van der Waals surface area contributed by atoms with Crippen molar-refractivity contribution >= 4 is 11.9 Å². The minimum atomic E-state index is -0.983. The molecule has 2 aromatic carbocycles. The van der Waals surface area contributed by atoms with Crippen LogP contribution in [0.4, 0.5) is 0 Å². The van der Waals surface area contributed by atoms with Crippen molar-refractivity contribution in [2.75, 3.05) is 0 Å². The summed E-state index contributed by atoms with van der Waals surface area (Å²) in [6.45, 7) is 1.97. The van der Waals surface area contributed by atoms with Gasteiger partial charge in [0, 0.05) is 5.92 Å². The summed E-state index contributed by atoms with van der Waals surface area (Å²) in [7, 11) is 0. The van der Waals surface area contributed by atoms with E-state index >= 15 is 0 Å². The first-order valence-corrected chi connectivity index (χ1v) is 11.5. The minimum absolute atomic E-state index is 0.159. The number of carbonyl (C=O) groups is 2. The van der Waals surface area contributed by atoms with Gasteiger partial charge in [-0.15, -0.1) is 15.7 Å². The molecule has 1 aromatic heterocycles. The van der Waals surface area contributed by atoms with Gasteiger partial charge in [0.05, 0.1) is 18.5 Å². The minimum Gasteiger partial charge on any atom is -0.478 e. The van der Waals surface area contributed by atoms with Gasteiger partial charge in [-0.3, -0.25) is 9.36 Å². The van der Waals surface area contributed by atoms with Gasteiger partial charge in [-0.25, -0.2) is 9.59 Å². The summed E-state index contributed by atoms with van der Waals surface area (Å²) in [5, 5.41) is 13.8. The first-order valence-electron chi connectivity index (χ1n) is 11.5. The molecule has 174 valence electrons. The number of hydrogen-bond acceptors (Lipinski definition) is 4. The lowest BCUT2D eigenvalue weighted by atomic mass is 9.89. The van der Waals surface area contributed by atoms with E-state index in [9.17, 15) is 19.5 Å². The van der Waals surface area contributed by atoms with Crippen molar-refractivity contribution in [3.8, 4) is 23.0 Å². The monoisotopic (exact) mass is 457 g/mol. The Morgan fingerprint density at radius 2 is 1.76 bits per heavy atom. The molecular weight excluding hydrogens is 430 g/mol. The van der Waals surface area contributed by atoms with Crippen LogP contribution < -0.4 is 5.69 Å². The maximum Gasteiger partial charge on any atom is 0.353 e. The van der Waals surface area contributed by atoms with E-state index in [1.165, 1.54) is 4.57 Å². The van der Waals surface area contributed by atoms with Crippen molar-refractivity contribution in [1.29, 1.82) is 0 Å². The van der Waals surface area contributed by atoms with Gasteiger partial charge in [-0.2, -0.15) is 0 Å². The van der Waals surface area contributed by atoms with Crippen molar-refractivity contribution in [2.45, 2.75) is 52.0 Å². The second-order valence-corrected chi connectivity index (χ2v) is 8.52. The lowest BCUT2D eigenvalue weighted by molar-refractivity contribution is 0.0696. The quantitative estimate of drug-likeness (QED) is 0.559. The van der Waals surface area contributed by atoms with Crippen molar-refractivity contribution < 1.29 is 14.7 Å². The fraction of sp³-hybridized carbons (Fsp3) is 0.333. The first kappa shape index (κ1) is 23.2. The van der Waals surface area contributed by atoms with Crippen molar-refractivity contribution in [2.24, 2.45) is 5.92 Å². The van der Waals surface area contributed by atoms with Crippen LogP contribution in [0.3, 0.4) is 0 Å². The second kappa shape index (κ2) is 10.3. The van der Waals surface area contributed by atoms with Crippen molar-refractivity contribution in [3.63, 3.8) is 0 Å². The number of aromatic carboxylic acids is 1. The van der Waals surface area contributed by atoms with Gasteiger partial charge in [0.2, 0.25) is 0 Å². The van der Waals surface area contributed by atoms with Crippen molar-refractivity contribution in [3.05, 3.63) is 76.0 Å². The second-order valence-electron chi connectivity index (χ2n) is 8.52. The van der Waals surface area contributed by atoms with Gasteiger partial charge in [0.25, 0.3) is 5.91 Å². The smallest absolute Gasteiger partial charge is 0.353 e. The molecule has 0 aliphatic heterocycles. The van der Waals surface area contributed by atoms with Crippen LogP contribution in [0, 0.1) is 17.8 Å². The molecule has 0 bridgehead atoms. The van der Waals surface area contributed by atoms with Gasteiger partial charge in [-0.05, 0) is 42.5 Å². The summed E-state index contributed by atoms with van der Waals surface area (Å²) in [6.07, 6.45) is 4.98. The number of carboxylic acid groups (broad SMARTS) is 1. The Kier molecular flexibility index (Phi) is 7.07. The highest BCUT2D eigenvalue weighted by molar-refractivity contribution is 5.96. The van der Waals surface area contributed by atoms with Crippen LogP contribution >= 0.6 is 0 Å². The molecule has 1 N–H and O–H groups in total. The molecule has 0 spiro atoms. The van der Waals surface area contributed by atoms with E-state index in [0.29, 0.717) is 11.4 Å². The fourth-order valence-electron chi connectivity index (χ4n) is 4.45. The van der Waals surface area contributed by atoms with Gasteiger partial charge in [0.1, 0.15) is 5.82 Å². The number of rotatable bonds is 6. The summed E-state index contributed by atoms with van der Waals surface area (Å²) in [6, 6.07) is 14.2. The zero-order chi connectivity index (χ0) is 24.1. The van der Waals surface area contributed by atoms with Crippen LogP contribution in [0.1, 0.15) is 65.6 Å². The molecule has 1 fully saturated rings. The average Bonchev–Trinajstić information content (AvgIpc) is 3.18. The first-order chi connectivity index (χ1) is 16.5. The predicted molar refractivity (Wildman–Crippen MR) is 129 cm³/mol. The number of aromatic nitrogens is 3. The van der Waals surface area contributed by atoms with E-state index in [1.54, 1.807) is 31.2 Å². The largest absolute Gasteiger partial charge is 0.478 e. The zero-order valence-corrected chi connectivity index (χ0v) is 19.2. The summed E-state index contributed by atoms with van der Waals surface area (Å²) in [5.41, 5.74) is 2.03. The molecule has 1 heterocycles.